The second-order valence-corrected chi connectivity index (χ2v) is 6.15. The number of hydrogen-bond acceptors (Lipinski definition) is 1. The summed E-state index contributed by atoms with van der Waals surface area (Å²) in [6.45, 7) is 0.636. The van der Waals surface area contributed by atoms with Crippen LogP contribution in [0.25, 0.3) is 0 Å². The average molecular weight is 276 g/mol. The molecule has 0 saturated heterocycles. The van der Waals surface area contributed by atoms with Crippen LogP contribution < -0.4 is 0 Å². The molecule has 1 fully saturated rings. The highest BCUT2D eigenvalue weighted by atomic mass is 35.5. The van der Waals surface area contributed by atoms with Gasteiger partial charge < -0.3 is 4.90 Å². The van der Waals surface area contributed by atoms with Crippen molar-refractivity contribution < 1.29 is 4.79 Å². The van der Waals surface area contributed by atoms with Crippen molar-refractivity contribution >= 4 is 17.5 Å². The van der Waals surface area contributed by atoms with Gasteiger partial charge in [0.25, 0.3) is 0 Å². The third-order valence-electron chi connectivity index (χ3n) is 4.28. The van der Waals surface area contributed by atoms with Gasteiger partial charge in [-0.2, -0.15) is 0 Å². The fourth-order valence-corrected chi connectivity index (χ4v) is 3.55. The Morgan fingerprint density at radius 2 is 2.21 bits per heavy atom. The van der Waals surface area contributed by atoms with E-state index in [9.17, 15) is 4.79 Å². The number of carbonyl (C=O) groups is 1. The molecular formula is C16H18ClNO. The summed E-state index contributed by atoms with van der Waals surface area (Å²) in [6, 6.07) is 7.71. The van der Waals surface area contributed by atoms with Crippen molar-refractivity contribution in [3.05, 3.63) is 47.0 Å². The number of carbonyl (C=O) groups excluding carboxylic acids is 1. The van der Waals surface area contributed by atoms with Crippen LogP contribution in [-0.4, -0.2) is 17.9 Å². The minimum absolute atomic E-state index is 0.194. The second-order valence-electron chi connectivity index (χ2n) is 5.71. The second kappa shape index (κ2) is 5.01. The van der Waals surface area contributed by atoms with Gasteiger partial charge in [-0.05, 0) is 42.4 Å². The molecule has 0 radical (unpaired) electrons. The van der Waals surface area contributed by atoms with Gasteiger partial charge in [-0.1, -0.05) is 35.9 Å². The molecular weight excluding hydrogens is 258 g/mol. The van der Waals surface area contributed by atoms with E-state index in [1.54, 1.807) is 0 Å². The van der Waals surface area contributed by atoms with Gasteiger partial charge in [-0.3, -0.25) is 4.79 Å². The number of rotatable bonds is 3. The van der Waals surface area contributed by atoms with Crippen LogP contribution in [0.2, 0.25) is 5.02 Å². The van der Waals surface area contributed by atoms with Crippen molar-refractivity contribution in [2.75, 3.05) is 7.05 Å². The standard InChI is InChI=1S/C16H18ClNO/c1-18(10-12-3-2-4-14(17)8-12)16(19)15-9-11-5-6-13(15)7-11/h2-6,8,11,13,15H,7,9-10H2,1H3. The summed E-state index contributed by atoms with van der Waals surface area (Å²) in [6.07, 6.45) is 6.69. The van der Waals surface area contributed by atoms with Crippen molar-refractivity contribution in [3.63, 3.8) is 0 Å². The van der Waals surface area contributed by atoms with Gasteiger partial charge in [0.05, 0.1) is 0 Å². The van der Waals surface area contributed by atoms with Crippen molar-refractivity contribution in [3.8, 4) is 0 Å². The Labute approximate surface area is 119 Å². The van der Waals surface area contributed by atoms with Crippen molar-refractivity contribution in [2.24, 2.45) is 17.8 Å². The zero-order valence-corrected chi connectivity index (χ0v) is 11.8. The molecule has 19 heavy (non-hydrogen) atoms. The minimum atomic E-state index is 0.194. The predicted octanol–water partition coefficient (Wildman–Crippen LogP) is 3.51. The molecule has 1 aromatic carbocycles. The number of hydrogen-bond donors (Lipinski definition) is 0. The molecule has 3 heteroatoms. The van der Waals surface area contributed by atoms with Crippen LogP contribution in [0.3, 0.4) is 0 Å². The lowest BCUT2D eigenvalue weighted by Crippen LogP contribution is -2.34. The number of amides is 1. The van der Waals surface area contributed by atoms with Crippen molar-refractivity contribution in [1.82, 2.24) is 4.90 Å². The highest BCUT2D eigenvalue weighted by molar-refractivity contribution is 6.30. The smallest absolute Gasteiger partial charge is 0.226 e. The van der Waals surface area contributed by atoms with E-state index in [4.69, 9.17) is 11.6 Å². The van der Waals surface area contributed by atoms with E-state index in [-0.39, 0.29) is 11.8 Å². The van der Waals surface area contributed by atoms with Crippen LogP contribution in [-0.2, 0) is 11.3 Å². The molecule has 3 unspecified atom stereocenters. The molecule has 0 spiro atoms. The number of benzene rings is 1. The highest BCUT2D eigenvalue weighted by Crippen LogP contribution is 2.44. The largest absolute Gasteiger partial charge is 0.341 e. The average Bonchev–Trinajstić information content (AvgIpc) is 3.00. The number of nitrogens with zero attached hydrogens (tertiary/aromatic N) is 1. The first-order valence-electron chi connectivity index (χ1n) is 6.81. The molecule has 2 nitrogen and oxygen atoms in total. The van der Waals surface area contributed by atoms with Gasteiger partial charge in [0.15, 0.2) is 0 Å². The SMILES string of the molecule is CN(Cc1cccc(Cl)c1)C(=O)C1CC2C=CC1C2. The molecule has 1 aromatic rings. The topological polar surface area (TPSA) is 20.3 Å². The molecule has 1 saturated carbocycles. The van der Waals surface area contributed by atoms with Crippen LogP contribution >= 0.6 is 11.6 Å². The molecule has 0 aliphatic heterocycles. The number of allylic oxidation sites excluding steroid dienone is 2. The summed E-state index contributed by atoms with van der Waals surface area (Å²) in [7, 11) is 1.89. The Hall–Kier alpha value is -1.28. The molecule has 3 rings (SSSR count). The van der Waals surface area contributed by atoms with Gasteiger partial charge in [0.1, 0.15) is 0 Å². The quantitative estimate of drug-likeness (QED) is 0.773. The monoisotopic (exact) mass is 275 g/mol. The Balaban J connectivity index is 1.66. The Morgan fingerprint density at radius 3 is 2.84 bits per heavy atom. The normalized spacial score (nSPS) is 27.8. The summed E-state index contributed by atoms with van der Waals surface area (Å²) < 4.78 is 0. The van der Waals surface area contributed by atoms with E-state index in [2.05, 4.69) is 12.2 Å². The molecule has 0 heterocycles. The lowest BCUT2D eigenvalue weighted by atomic mass is 9.92. The first-order valence-corrected chi connectivity index (χ1v) is 7.19. The summed E-state index contributed by atoms with van der Waals surface area (Å²) in [5.74, 6) is 1.58. The molecule has 2 aliphatic rings. The maximum absolute atomic E-state index is 12.5. The van der Waals surface area contributed by atoms with Gasteiger partial charge in [0.2, 0.25) is 5.91 Å². The predicted molar refractivity (Wildman–Crippen MR) is 76.8 cm³/mol. The van der Waals surface area contributed by atoms with E-state index in [1.807, 2.05) is 36.2 Å². The fraction of sp³-hybridized carbons (Fsp3) is 0.438. The molecule has 1 amide bonds. The summed E-state index contributed by atoms with van der Waals surface area (Å²) in [4.78, 5) is 14.3. The maximum Gasteiger partial charge on any atom is 0.226 e. The van der Waals surface area contributed by atoms with E-state index in [0.29, 0.717) is 18.4 Å². The van der Waals surface area contributed by atoms with Crippen LogP contribution in [0.4, 0.5) is 0 Å². The molecule has 3 atom stereocenters. The van der Waals surface area contributed by atoms with E-state index >= 15 is 0 Å². The molecule has 2 bridgehead atoms. The van der Waals surface area contributed by atoms with Crippen molar-refractivity contribution in [2.45, 2.75) is 19.4 Å². The van der Waals surface area contributed by atoms with Crippen LogP contribution in [0.5, 0.6) is 0 Å². The number of fused-ring (bicyclic) bond motifs is 2. The summed E-state index contributed by atoms with van der Waals surface area (Å²) in [5, 5.41) is 0.723. The zero-order valence-electron chi connectivity index (χ0n) is 11.1. The third-order valence-corrected chi connectivity index (χ3v) is 4.52. The summed E-state index contributed by atoms with van der Waals surface area (Å²) in [5.41, 5.74) is 1.09. The molecule has 100 valence electrons. The van der Waals surface area contributed by atoms with E-state index < -0.39 is 0 Å². The van der Waals surface area contributed by atoms with Crippen molar-refractivity contribution in [1.29, 1.82) is 0 Å². The Bertz CT molecular complexity index is 525. The fourth-order valence-electron chi connectivity index (χ4n) is 3.33. The van der Waals surface area contributed by atoms with Crippen LogP contribution in [0, 0.1) is 17.8 Å². The minimum Gasteiger partial charge on any atom is -0.341 e. The highest BCUT2D eigenvalue weighted by Gasteiger charge is 2.40. The molecule has 0 N–H and O–H groups in total. The van der Waals surface area contributed by atoms with Gasteiger partial charge in [0, 0.05) is 24.5 Å². The van der Waals surface area contributed by atoms with E-state index in [0.717, 1.165) is 17.0 Å². The van der Waals surface area contributed by atoms with Gasteiger partial charge in [-0.15, -0.1) is 0 Å². The first-order chi connectivity index (χ1) is 9.13. The number of halogens is 1. The molecule has 2 aliphatic carbocycles. The Kier molecular flexibility index (Phi) is 3.36. The van der Waals surface area contributed by atoms with E-state index in [1.165, 1.54) is 6.42 Å². The maximum atomic E-state index is 12.5. The van der Waals surface area contributed by atoms with Gasteiger partial charge >= 0.3 is 0 Å². The third kappa shape index (κ3) is 2.55. The van der Waals surface area contributed by atoms with Gasteiger partial charge in [-0.25, -0.2) is 0 Å². The first kappa shape index (κ1) is 12.7. The van der Waals surface area contributed by atoms with Crippen LogP contribution in [0.15, 0.2) is 36.4 Å². The zero-order chi connectivity index (χ0) is 13.4. The van der Waals surface area contributed by atoms with Crippen LogP contribution in [0.1, 0.15) is 18.4 Å². The molecule has 0 aromatic heterocycles. The lowest BCUT2D eigenvalue weighted by Gasteiger charge is -2.25. The summed E-state index contributed by atoms with van der Waals surface area (Å²) >= 11 is 5.97. The lowest BCUT2D eigenvalue weighted by molar-refractivity contribution is -0.135. The Morgan fingerprint density at radius 1 is 1.37 bits per heavy atom.